The molecule has 2 aromatic rings. The van der Waals surface area contributed by atoms with Gasteiger partial charge in [0.15, 0.2) is 0 Å². The Morgan fingerprint density at radius 3 is 2.81 bits per heavy atom. The molecule has 0 radical (unpaired) electrons. The lowest BCUT2D eigenvalue weighted by molar-refractivity contribution is -0.128. The number of aromatic nitrogens is 1. The van der Waals surface area contributed by atoms with E-state index in [1.165, 1.54) is 6.07 Å². The Balaban J connectivity index is 1.65. The molecule has 2 aliphatic heterocycles. The lowest BCUT2D eigenvalue weighted by atomic mass is 9.72. The number of halogens is 1. The molecule has 4 rings (SSSR count). The maximum atomic E-state index is 15.3. The normalized spacial score (nSPS) is 21.1. The third-order valence-electron chi connectivity index (χ3n) is 6.45. The highest BCUT2D eigenvalue weighted by atomic mass is 19.1. The van der Waals surface area contributed by atoms with Crippen molar-refractivity contribution >= 4 is 5.91 Å². The molecule has 7 heteroatoms. The number of carbonyl (C=O) groups excluding carboxylic acids is 1. The summed E-state index contributed by atoms with van der Waals surface area (Å²) < 4.78 is 21.0. The molecule has 1 aromatic heterocycles. The van der Waals surface area contributed by atoms with Gasteiger partial charge in [-0.25, -0.2) is 4.39 Å². The number of hydrogen-bond acceptors (Lipinski definition) is 5. The van der Waals surface area contributed by atoms with Crippen LogP contribution in [0.1, 0.15) is 31.7 Å². The molecule has 0 spiro atoms. The second-order valence-electron chi connectivity index (χ2n) is 8.54. The molecule has 2 fully saturated rings. The van der Waals surface area contributed by atoms with E-state index in [9.17, 15) is 4.79 Å². The van der Waals surface area contributed by atoms with E-state index in [0.29, 0.717) is 49.4 Å². The van der Waals surface area contributed by atoms with Crippen LogP contribution >= 0.6 is 0 Å². The van der Waals surface area contributed by atoms with Crippen molar-refractivity contribution in [2.24, 2.45) is 0 Å². The summed E-state index contributed by atoms with van der Waals surface area (Å²) in [6.07, 6.45) is 3.86. The third kappa shape index (κ3) is 4.43. The van der Waals surface area contributed by atoms with Crippen LogP contribution < -0.4 is 15.4 Å². The van der Waals surface area contributed by atoms with Crippen molar-refractivity contribution in [1.82, 2.24) is 20.5 Å². The van der Waals surface area contributed by atoms with E-state index >= 15 is 4.39 Å². The maximum absolute atomic E-state index is 15.3. The fourth-order valence-electron chi connectivity index (χ4n) is 4.72. The van der Waals surface area contributed by atoms with E-state index in [0.717, 1.165) is 19.5 Å². The van der Waals surface area contributed by atoms with E-state index in [4.69, 9.17) is 4.74 Å². The Bertz CT molecular complexity index is 930. The highest BCUT2D eigenvalue weighted by Gasteiger charge is 2.43. The van der Waals surface area contributed by atoms with Crippen molar-refractivity contribution < 1.29 is 13.9 Å². The fourth-order valence-corrected chi connectivity index (χ4v) is 4.72. The number of likely N-dealkylation sites (tertiary alicyclic amines) is 1. The summed E-state index contributed by atoms with van der Waals surface area (Å²) in [6.45, 7) is 5.64. The molecule has 1 atom stereocenters. The Morgan fingerprint density at radius 1 is 1.35 bits per heavy atom. The van der Waals surface area contributed by atoms with Crippen LogP contribution in [-0.4, -0.2) is 61.7 Å². The molecule has 0 saturated carbocycles. The largest absolute Gasteiger partial charge is 0.493 e. The number of hydrogen-bond donors (Lipinski definition) is 2. The van der Waals surface area contributed by atoms with Crippen molar-refractivity contribution in [3.8, 4) is 17.0 Å². The standard InChI is InChI=1S/C24H31FN4O2/c1-3-31-21-7-5-4-6-19(21)22-20(25)14-17(15-27-22)24(9-11-26-12-10-24)23(30)28-18-8-13-29(2)16-18/h4-7,14-15,18,26H,3,8-13,16H2,1-2H3,(H,28,30)/t18-/m0/s1. The summed E-state index contributed by atoms with van der Waals surface area (Å²) in [7, 11) is 2.06. The number of piperidine rings is 1. The summed E-state index contributed by atoms with van der Waals surface area (Å²) in [6, 6.07) is 8.95. The molecule has 0 unspecified atom stereocenters. The van der Waals surface area contributed by atoms with E-state index in [-0.39, 0.29) is 17.6 Å². The predicted molar refractivity (Wildman–Crippen MR) is 119 cm³/mol. The van der Waals surface area contributed by atoms with Gasteiger partial charge in [-0.3, -0.25) is 9.78 Å². The molecular weight excluding hydrogens is 395 g/mol. The number of nitrogens with one attached hydrogen (secondary N) is 2. The molecule has 1 aromatic carbocycles. The average Bonchev–Trinajstić information content (AvgIpc) is 3.19. The number of para-hydroxylation sites is 1. The summed E-state index contributed by atoms with van der Waals surface area (Å²) in [4.78, 5) is 20.1. The van der Waals surface area contributed by atoms with Gasteiger partial charge in [0.2, 0.25) is 5.91 Å². The minimum atomic E-state index is -0.766. The Hall–Kier alpha value is -2.51. The van der Waals surface area contributed by atoms with Crippen LogP contribution in [0.25, 0.3) is 11.3 Å². The highest BCUT2D eigenvalue weighted by Crippen LogP contribution is 2.37. The van der Waals surface area contributed by atoms with Crippen LogP contribution in [0.3, 0.4) is 0 Å². The number of nitrogens with zero attached hydrogens (tertiary/aromatic N) is 2. The second-order valence-corrected chi connectivity index (χ2v) is 8.54. The van der Waals surface area contributed by atoms with Crippen molar-refractivity contribution in [3.05, 3.63) is 47.9 Å². The number of ether oxygens (including phenoxy) is 1. The van der Waals surface area contributed by atoms with Gasteiger partial charge in [0, 0.05) is 24.3 Å². The quantitative estimate of drug-likeness (QED) is 0.744. The van der Waals surface area contributed by atoms with Crippen LogP contribution in [0, 0.1) is 5.82 Å². The van der Waals surface area contributed by atoms with Gasteiger partial charge in [0.1, 0.15) is 17.3 Å². The maximum Gasteiger partial charge on any atom is 0.231 e. The first kappa shape index (κ1) is 21.7. The monoisotopic (exact) mass is 426 g/mol. The van der Waals surface area contributed by atoms with E-state index in [2.05, 4.69) is 27.6 Å². The molecule has 2 aliphatic rings. The second kappa shape index (κ2) is 9.32. The zero-order valence-electron chi connectivity index (χ0n) is 18.3. The molecule has 166 valence electrons. The first-order chi connectivity index (χ1) is 15.0. The van der Waals surface area contributed by atoms with Gasteiger partial charge in [0.05, 0.1) is 12.0 Å². The molecule has 3 heterocycles. The predicted octanol–water partition coefficient (Wildman–Crippen LogP) is 2.73. The summed E-state index contributed by atoms with van der Waals surface area (Å²) in [5.41, 5.74) is 0.743. The lowest BCUT2D eigenvalue weighted by Gasteiger charge is -2.37. The molecule has 1 amide bonds. The number of pyridine rings is 1. The SMILES string of the molecule is CCOc1ccccc1-c1ncc(C2(C(=O)N[C@H]3CCN(C)C3)CCNCC2)cc1F. The number of benzene rings is 1. The smallest absolute Gasteiger partial charge is 0.231 e. The molecule has 31 heavy (non-hydrogen) atoms. The van der Waals surface area contributed by atoms with Crippen LogP contribution in [0.2, 0.25) is 0 Å². The Morgan fingerprint density at radius 2 is 2.13 bits per heavy atom. The summed E-state index contributed by atoms with van der Waals surface area (Å²) in [5, 5.41) is 6.55. The molecule has 2 N–H and O–H groups in total. The average molecular weight is 427 g/mol. The lowest BCUT2D eigenvalue weighted by Crippen LogP contribution is -2.53. The van der Waals surface area contributed by atoms with Crippen molar-refractivity contribution in [2.45, 2.75) is 37.6 Å². The number of likely N-dealkylation sites (N-methyl/N-ethyl adjacent to an activating group) is 1. The first-order valence-electron chi connectivity index (χ1n) is 11.1. The molecule has 2 saturated heterocycles. The summed E-state index contributed by atoms with van der Waals surface area (Å²) in [5.74, 6) is 0.151. The molecule has 0 aliphatic carbocycles. The number of rotatable bonds is 6. The van der Waals surface area contributed by atoms with Gasteiger partial charge in [-0.1, -0.05) is 12.1 Å². The molecule has 0 bridgehead atoms. The third-order valence-corrected chi connectivity index (χ3v) is 6.45. The molecular formula is C24H31FN4O2. The van der Waals surface area contributed by atoms with Crippen molar-refractivity contribution in [1.29, 1.82) is 0 Å². The Labute approximate surface area is 183 Å². The number of carbonyl (C=O) groups is 1. The van der Waals surface area contributed by atoms with E-state index in [1.54, 1.807) is 12.3 Å². The van der Waals surface area contributed by atoms with Gasteiger partial charge in [-0.2, -0.15) is 0 Å². The van der Waals surface area contributed by atoms with Crippen LogP contribution in [0.5, 0.6) is 5.75 Å². The van der Waals surface area contributed by atoms with Gasteiger partial charge in [0.25, 0.3) is 0 Å². The van der Waals surface area contributed by atoms with E-state index < -0.39 is 11.2 Å². The van der Waals surface area contributed by atoms with Crippen LogP contribution in [0.4, 0.5) is 4.39 Å². The van der Waals surface area contributed by atoms with Gasteiger partial charge < -0.3 is 20.3 Å². The molecule has 6 nitrogen and oxygen atoms in total. The Kier molecular flexibility index (Phi) is 6.53. The fraction of sp³-hybridized carbons (Fsp3) is 0.500. The van der Waals surface area contributed by atoms with Crippen molar-refractivity contribution in [2.75, 3.05) is 39.8 Å². The highest BCUT2D eigenvalue weighted by molar-refractivity contribution is 5.89. The van der Waals surface area contributed by atoms with Gasteiger partial charge in [-0.05, 0) is 76.6 Å². The number of amides is 1. The van der Waals surface area contributed by atoms with Gasteiger partial charge >= 0.3 is 0 Å². The minimum Gasteiger partial charge on any atom is -0.493 e. The van der Waals surface area contributed by atoms with Crippen LogP contribution in [0.15, 0.2) is 36.5 Å². The summed E-state index contributed by atoms with van der Waals surface area (Å²) >= 11 is 0. The van der Waals surface area contributed by atoms with E-state index in [1.807, 2.05) is 25.1 Å². The topological polar surface area (TPSA) is 66.5 Å². The minimum absolute atomic E-state index is 0.0158. The van der Waals surface area contributed by atoms with Gasteiger partial charge in [-0.15, -0.1) is 0 Å². The zero-order chi connectivity index (χ0) is 21.8. The first-order valence-corrected chi connectivity index (χ1v) is 11.1. The van der Waals surface area contributed by atoms with Crippen LogP contribution in [-0.2, 0) is 10.2 Å². The van der Waals surface area contributed by atoms with Crippen molar-refractivity contribution in [3.63, 3.8) is 0 Å². The zero-order valence-corrected chi connectivity index (χ0v) is 18.3.